The van der Waals surface area contributed by atoms with Crippen molar-refractivity contribution in [1.29, 1.82) is 0 Å². The van der Waals surface area contributed by atoms with E-state index in [4.69, 9.17) is 11.6 Å². The van der Waals surface area contributed by atoms with Crippen LogP contribution in [0.2, 0.25) is 0 Å². The lowest BCUT2D eigenvalue weighted by Crippen LogP contribution is -2.25. The number of amides is 1. The number of rotatable bonds is 3. The molecule has 1 aromatic heterocycles. The zero-order valence-electron chi connectivity index (χ0n) is 8.80. The Morgan fingerprint density at radius 2 is 2.20 bits per heavy atom. The number of aromatic nitrogens is 1. The Morgan fingerprint density at radius 1 is 1.53 bits per heavy atom. The zero-order chi connectivity index (χ0) is 11.4. The predicted octanol–water partition coefficient (Wildman–Crippen LogP) is 2.18. The van der Waals surface area contributed by atoms with Gasteiger partial charge in [0.2, 0.25) is 0 Å². The maximum atomic E-state index is 11.6. The summed E-state index contributed by atoms with van der Waals surface area (Å²) in [7, 11) is 0. The average Bonchev–Trinajstić information content (AvgIpc) is 2.14. The maximum Gasteiger partial charge on any atom is 0.253 e. The van der Waals surface area contributed by atoms with Crippen molar-refractivity contribution >= 4 is 17.5 Å². The highest BCUT2D eigenvalue weighted by molar-refractivity contribution is 6.29. The Bertz CT molecular complexity index is 402. The van der Waals surface area contributed by atoms with Crippen molar-refractivity contribution in [1.82, 2.24) is 10.3 Å². The molecule has 1 aromatic rings. The van der Waals surface area contributed by atoms with Gasteiger partial charge in [-0.3, -0.25) is 9.78 Å². The monoisotopic (exact) mass is 224 g/mol. The summed E-state index contributed by atoms with van der Waals surface area (Å²) in [6.07, 6.45) is 0. The molecule has 1 N–H and O–H groups in total. The van der Waals surface area contributed by atoms with Gasteiger partial charge in [-0.1, -0.05) is 18.2 Å². The first-order valence-electron chi connectivity index (χ1n) is 4.56. The van der Waals surface area contributed by atoms with Gasteiger partial charge in [0.25, 0.3) is 5.91 Å². The van der Waals surface area contributed by atoms with Crippen LogP contribution in [0.4, 0.5) is 0 Å². The molecule has 1 heterocycles. The molecule has 0 aliphatic carbocycles. The molecule has 80 valence electrons. The molecule has 0 aliphatic heterocycles. The Morgan fingerprint density at radius 3 is 2.73 bits per heavy atom. The summed E-state index contributed by atoms with van der Waals surface area (Å²) in [5.74, 6) is -0.179. The second-order valence-electron chi connectivity index (χ2n) is 3.29. The summed E-state index contributed by atoms with van der Waals surface area (Å²) in [4.78, 5) is 15.8. The highest BCUT2D eigenvalue weighted by atomic mass is 35.5. The fourth-order valence-corrected chi connectivity index (χ4v) is 1.26. The van der Waals surface area contributed by atoms with Gasteiger partial charge in [0.15, 0.2) is 0 Å². The van der Waals surface area contributed by atoms with E-state index in [0.29, 0.717) is 16.3 Å². The molecule has 0 spiro atoms. The summed E-state index contributed by atoms with van der Waals surface area (Å²) in [5, 5.41) is 3.05. The van der Waals surface area contributed by atoms with Crippen LogP contribution < -0.4 is 5.32 Å². The third kappa shape index (κ3) is 3.36. The summed E-state index contributed by atoms with van der Waals surface area (Å²) < 4.78 is 0. The van der Waals surface area contributed by atoms with Crippen molar-refractivity contribution in [3.8, 4) is 0 Å². The average molecular weight is 225 g/mol. The topological polar surface area (TPSA) is 42.0 Å². The number of hydrogen-bond donors (Lipinski definition) is 1. The van der Waals surface area contributed by atoms with Gasteiger partial charge in [-0.2, -0.15) is 0 Å². The van der Waals surface area contributed by atoms with E-state index < -0.39 is 0 Å². The van der Waals surface area contributed by atoms with Crippen LogP contribution in [0.15, 0.2) is 23.7 Å². The van der Waals surface area contributed by atoms with Crippen LogP contribution in [0, 0.1) is 13.8 Å². The van der Waals surface area contributed by atoms with Crippen LogP contribution in [0.3, 0.4) is 0 Å². The van der Waals surface area contributed by atoms with E-state index in [2.05, 4.69) is 16.9 Å². The third-order valence-electron chi connectivity index (χ3n) is 1.91. The highest BCUT2D eigenvalue weighted by Gasteiger charge is 2.09. The van der Waals surface area contributed by atoms with Gasteiger partial charge in [0.05, 0.1) is 17.8 Å². The molecular formula is C11H13ClN2O. The molecular weight excluding hydrogens is 212 g/mol. The maximum absolute atomic E-state index is 11.6. The van der Waals surface area contributed by atoms with Crippen molar-refractivity contribution in [2.24, 2.45) is 0 Å². The van der Waals surface area contributed by atoms with Crippen molar-refractivity contribution < 1.29 is 4.79 Å². The summed E-state index contributed by atoms with van der Waals surface area (Å²) >= 11 is 5.55. The number of nitrogens with one attached hydrogen (secondary N) is 1. The minimum absolute atomic E-state index is 0.179. The third-order valence-corrected chi connectivity index (χ3v) is 2.04. The van der Waals surface area contributed by atoms with Crippen molar-refractivity contribution in [3.63, 3.8) is 0 Å². The van der Waals surface area contributed by atoms with E-state index in [0.717, 1.165) is 5.69 Å². The standard InChI is InChI=1S/C11H13ClN2O/c1-7(12)6-13-11(15)10-5-4-8(2)14-9(10)3/h4-5H,1,6H2,2-3H3,(H,13,15). The van der Waals surface area contributed by atoms with Gasteiger partial charge in [-0.15, -0.1) is 0 Å². The number of carbonyl (C=O) groups excluding carboxylic acids is 1. The summed E-state index contributed by atoms with van der Waals surface area (Å²) in [6, 6.07) is 3.56. The minimum atomic E-state index is -0.179. The molecule has 0 unspecified atom stereocenters. The van der Waals surface area contributed by atoms with Crippen LogP contribution in [-0.4, -0.2) is 17.4 Å². The molecule has 0 aromatic carbocycles. The first-order chi connectivity index (χ1) is 7.00. The van der Waals surface area contributed by atoms with Crippen molar-refractivity contribution in [2.45, 2.75) is 13.8 Å². The molecule has 0 radical (unpaired) electrons. The summed E-state index contributed by atoms with van der Waals surface area (Å²) in [5.41, 5.74) is 2.18. The van der Waals surface area contributed by atoms with E-state index in [-0.39, 0.29) is 12.5 Å². The number of carbonyl (C=O) groups is 1. The fourth-order valence-electron chi connectivity index (χ4n) is 1.20. The summed E-state index contributed by atoms with van der Waals surface area (Å²) in [6.45, 7) is 7.45. The van der Waals surface area contributed by atoms with Crippen LogP contribution in [0.25, 0.3) is 0 Å². The lowest BCUT2D eigenvalue weighted by Gasteiger charge is -2.06. The Kier molecular flexibility index (Phi) is 3.86. The highest BCUT2D eigenvalue weighted by Crippen LogP contribution is 2.06. The molecule has 4 heteroatoms. The number of pyridine rings is 1. The molecule has 0 bridgehead atoms. The number of nitrogens with zero attached hydrogens (tertiary/aromatic N) is 1. The first kappa shape index (κ1) is 11.7. The fraction of sp³-hybridized carbons (Fsp3) is 0.273. The Balaban J connectivity index is 2.78. The molecule has 0 saturated carbocycles. The largest absolute Gasteiger partial charge is 0.347 e. The first-order valence-corrected chi connectivity index (χ1v) is 4.94. The van der Waals surface area contributed by atoms with Gasteiger partial charge in [0, 0.05) is 10.7 Å². The van der Waals surface area contributed by atoms with Gasteiger partial charge >= 0.3 is 0 Å². The molecule has 1 amide bonds. The molecule has 3 nitrogen and oxygen atoms in total. The van der Waals surface area contributed by atoms with Crippen molar-refractivity contribution in [2.75, 3.05) is 6.54 Å². The van der Waals surface area contributed by atoms with Crippen LogP contribution in [0.5, 0.6) is 0 Å². The molecule has 0 saturated heterocycles. The quantitative estimate of drug-likeness (QED) is 0.855. The SMILES string of the molecule is C=C(Cl)CNC(=O)c1ccc(C)nc1C. The molecule has 15 heavy (non-hydrogen) atoms. The predicted molar refractivity (Wildman–Crippen MR) is 61.0 cm³/mol. The van der Waals surface area contributed by atoms with Crippen LogP contribution in [0.1, 0.15) is 21.7 Å². The van der Waals surface area contributed by atoms with Crippen molar-refractivity contribution in [3.05, 3.63) is 40.7 Å². The van der Waals surface area contributed by atoms with E-state index in [1.165, 1.54) is 0 Å². The number of halogens is 1. The van der Waals surface area contributed by atoms with E-state index in [1.54, 1.807) is 19.1 Å². The Labute approximate surface area is 94.2 Å². The van der Waals surface area contributed by atoms with E-state index in [9.17, 15) is 4.79 Å². The van der Waals surface area contributed by atoms with Gasteiger partial charge in [-0.05, 0) is 26.0 Å². The lowest BCUT2D eigenvalue weighted by atomic mass is 10.2. The lowest BCUT2D eigenvalue weighted by molar-refractivity contribution is 0.0956. The van der Waals surface area contributed by atoms with Gasteiger partial charge in [0.1, 0.15) is 0 Å². The van der Waals surface area contributed by atoms with Gasteiger partial charge < -0.3 is 5.32 Å². The number of hydrogen-bond acceptors (Lipinski definition) is 2. The molecule has 0 atom stereocenters. The molecule has 1 rings (SSSR count). The van der Waals surface area contributed by atoms with E-state index in [1.807, 2.05) is 6.92 Å². The van der Waals surface area contributed by atoms with Crippen LogP contribution >= 0.6 is 11.6 Å². The number of aryl methyl sites for hydroxylation is 2. The Hall–Kier alpha value is -1.35. The van der Waals surface area contributed by atoms with E-state index >= 15 is 0 Å². The second kappa shape index (κ2) is 4.94. The normalized spacial score (nSPS) is 9.80. The van der Waals surface area contributed by atoms with Gasteiger partial charge in [-0.25, -0.2) is 0 Å². The zero-order valence-corrected chi connectivity index (χ0v) is 9.56. The molecule has 0 fully saturated rings. The minimum Gasteiger partial charge on any atom is -0.347 e. The van der Waals surface area contributed by atoms with Crippen LogP contribution in [-0.2, 0) is 0 Å². The molecule has 0 aliphatic rings. The second-order valence-corrected chi connectivity index (χ2v) is 3.82. The smallest absolute Gasteiger partial charge is 0.253 e.